The minimum absolute atomic E-state index is 0.0112. The van der Waals surface area contributed by atoms with Crippen molar-refractivity contribution in [2.45, 2.75) is 133 Å². The highest BCUT2D eigenvalue weighted by Crippen LogP contribution is 2.69. The Bertz CT molecular complexity index is 5710. The fourth-order valence-corrected chi connectivity index (χ4v) is 24.6. The van der Waals surface area contributed by atoms with Crippen molar-refractivity contribution in [3.05, 3.63) is 456 Å². The summed E-state index contributed by atoms with van der Waals surface area (Å²) in [5, 5.41) is 0. The second-order valence-corrected chi connectivity index (χ2v) is 36.8. The minimum atomic E-state index is -0.445. The summed E-state index contributed by atoms with van der Waals surface area (Å²) in [6.45, 7) is 10.5. The van der Waals surface area contributed by atoms with Gasteiger partial charge in [0.05, 0.1) is 6.04 Å². The Balaban J connectivity index is 0.665. The predicted octanol–water partition coefficient (Wildman–Crippen LogP) is 27.6. The highest BCUT2D eigenvalue weighted by Gasteiger charge is 2.64. The maximum absolute atomic E-state index is 15.6. The van der Waals surface area contributed by atoms with Crippen molar-refractivity contribution in [3.8, 4) is 11.1 Å². The lowest BCUT2D eigenvalue weighted by Crippen LogP contribution is -2.45. The third kappa shape index (κ3) is 14.2. The number of hydrogen-bond acceptors (Lipinski definition) is 5. The van der Waals surface area contributed by atoms with E-state index in [0.29, 0.717) is 35.5 Å². The van der Waals surface area contributed by atoms with Gasteiger partial charge in [-0.05, 0) is 308 Å². The molecule has 6 heteroatoms. The van der Waals surface area contributed by atoms with Crippen LogP contribution in [0.2, 0.25) is 0 Å². The van der Waals surface area contributed by atoms with Crippen molar-refractivity contribution >= 4 is 11.1 Å². The maximum Gasteiger partial charge on any atom is 0.127 e. The van der Waals surface area contributed by atoms with Crippen molar-refractivity contribution in [2.24, 2.45) is 82.3 Å². The number of rotatable bonds is 20. The topological polar surface area (TPSA) is 34.2 Å². The Morgan fingerprint density at radius 3 is 1.93 bits per heavy atom. The third-order valence-corrected chi connectivity index (χ3v) is 30.4. The molecular formula is C115H111FN2O3. The number of benzene rings is 4. The number of fused-ring (bicyclic) bond motifs is 8. The molecule has 121 heavy (non-hydrogen) atoms. The van der Waals surface area contributed by atoms with E-state index in [4.69, 9.17) is 14.2 Å². The van der Waals surface area contributed by atoms with Crippen LogP contribution in [0, 0.1) is 88.2 Å². The van der Waals surface area contributed by atoms with E-state index in [1.165, 1.54) is 85.0 Å². The molecule has 21 rings (SSSR count). The van der Waals surface area contributed by atoms with E-state index in [1.54, 1.807) is 17.7 Å². The summed E-state index contributed by atoms with van der Waals surface area (Å²) < 4.78 is 36.4. The first-order valence-corrected chi connectivity index (χ1v) is 45.5. The first-order chi connectivity index (χ1) is 59.6. The molecule has 0 amide bonds. The molecule has 0 spiro atoms. The Hall–Kier alpha value is -11.5. The van der Waals surface area contributed by atoms with Gasteiger partial charge in [0.1, 0.15) is 41.1 Å². The zero-order valence-corrected chi connectivity index (χ0v) is 69.7. The molecule has 19 unspecified atom stereocenters. The lowest BCUT2D eigenvalue weighted by atomic mass is 9.54. The van der Waals surface area contributed by atoms with Crippen molar-refractivity contribution in [3.63, 3.8) is 0 Å². The standard InChI is InChI=1S/C115H111FN2O3/c1-4-77-32-58-98(59-33-77)119-100-62-44-89(45-63-100)114(87-40-30-76(3)31-41-87)108-28-14-12-26-102(108)104-66-54-96(74-110(104)114)117(92-50-36-81(37-51-92)85-24-16-22-83(70-85)79-18-8-6-9-19-79)94-56-68-112-106(72-94)107-73-95(57-69-113(107)121-112)118(93-52-38-82(39-53-93)86-25-17-23-84(71-86)80-20-10-7-11-21-80)97-55-67-105-103-27-13-15-29-109(103)115(111(105)75-97,88-42-48-91(116)49-43-88)90-46-64-101(65-47-90)120-99-60-34-78(5-2)35-61-99/h4-10,12-20,22-29,32,34-35,38-40,42-44,46,48-50,52,54-56,58-60,62-68,70-77,81,89-90,93,99,102-106,108-112H,1-2,11,21,30-31,33,36-37,41,45,47,51,53,57,61,69H2,3H3. The summed E-state index contributed by atoms with van der Waals surface area (Å²) in [6, 6.07) is 37.1. The van der Waals surface area contributed by atoms with E-state index in [-0.39, 0.29) is 76.8 Å². The summed E-state index contributed by atoms with van der Waals surface area (Å²) in [6.07, 6.45) is 110. The van der Waals surface area contributed by atoms with Gasteiger partial charge in [0.15, 0.2) is 0 Å². The quantitative estimate of drug-likeness (QED) is 0.0824. The third-order valence-electron chi connectivity index (χ3n) is 30.4. The molecular weight excluding hydrogens is 1480 g/mol. The molecule has 1 aliphatic heterocycles. The van der Waals surface area contributed by atoms with Crippen LogP contribution in [0.1, 0.15) is 131 Å². The van der Waals surface area contributed by atoms with Crippen molar-refractivity contribution in [1.82, 2.24) is 9.80 Å². The number of nitrogens with zero attached hydrogens (tertiary/aromatic N) is 2. The first kappa shape index (κ1) is 76.9. The Kier molecular flexibility index (Phi) is 20.9. The molecule has 0 radical (unpaired) electrons. The van der Waals surface area contributed by atoms with Gasteiger partial charge in [-0.15, -0.1) is 6.58 Å². The number of hydrogen-bond donors (Lipinski definition) is 0. The van der Waals surface area contributed by atoms with Gasteiger partial charge in [-0.25, -0.2) is 4.39 Å². The second-order valence-electron chi connectivity index (χ2n) is 36.8. The molecule has 5 nitrogen and oxygen atoms in total. The smallest absolute Gasteiger partial charge is 0.127 e. The number of ether oxygens (including phenoxy) is 3. The molecule has 0 N–H and O–H groups in total. The number of halogens is 1. The first-order valence-electron chi connectivity index (χ1n) is 45.5. The van der Waals surface area contributed by atoms with Crippen LogP contribution in [-0.4, -0.2) is 28.0 Å². The average molecular weight is 1590 g/mol. The molecule has 0 bridgehead atoms. The summed E-state index contributed by atoms with van der Waals surface area (Å²) in [5.41, 5.74) is 20.2. The Morgan fingerprint density at radius 2 is 1.21 bits per heavy atom. The van der Waals surface area contributed by atoms with Crippen LogP contribution in [0.5, 0.6) is 0 Å². The van der Waals surface area contributed by atoms with E-state index in [0.717, 1.165) is 119 Å². The SMILES string of the molecule is C=CC1=CCC(OC2=CCC(C3(c4ccc(F)cc4)C4C=CC=CC4C4C=CC(N(C5=CC6=C(CC5)OC5C=CC(N(C7=CC8C(C=C7)C7C=CC=CC7C8(C7=CCC(C)CC7)C7C=CC(OC8=CCC(C=C)C=C8)=CC7)C7=CCC(c8cccc(-c9ccccc9)c8)CC7)=CC65)C5C=CC(c6cccc(C7=CC=CCC7)c6)=CC5)=CC43)C=C2)C=C1. The average Bonchev–Trinajstić information content (AvgIpc) is 1.54. The van der Waals surface area contributed by atoms with Crippen molar-refractivity contribution in [2.75, 3.05) is 0 Å². The predicted molar refractivity (Wildman–Crippen MR) is 493 cm³/mol. The molecule has 0 saturated heterocycles. The van der Waals surface area contributed by atoms with E-state index in [2.05, 4.69) is 352 Å². The van der Waals surface area contributed by atoms with Crippen LogP contribution in [0.25, 0.3) is 22.3 Å². The lowest BCUT2D eigenvalue weighted by Gasteiger charge is -2.49. The van der Waals surface area contributed by atoms with Gasteiger partial charge in [0, 0.05) is 63.6 Å². The van der Waals surface area contributed by atoms with Crippen molar-refractivity contribution < 1.29 is 18.6 Å². The highest BCUT2D eigenvalue weighted by molar-refractivity contribution is 5.79. The lowest BCUT2D eigenvalue weighted by molar-refractivity contribution is 0.143. The molecule has 1 heterocycles. The largest absolute Gasteiger partial charge is 0.489 e. The van der Waals surface area contributed by atoms with Crippen LogP contribution in [0.15, 0.2) is 428 Å². The van der Waals surface area contributed by atoms with Crippen LogP contribution < -0.4 is 0 Å². The number of allylic oxidation sites excluding steroid dienone is 41. The van der Waals surface area contributed by atoms with E-state index in [1.807, 2.05) is 12.2 Å². The monoisotopic (exact) mass is 1590 g/mol. The molecule has 17 aliphatic rings. The fraction of sp³-hybridized carbons (Fsp3) is 0.304. The van der Waals surface area contributed by atoms with Gasteiger partial charge in [-0.2, -0.15) is 0 Å². The summed E-state index contributed by atoms with van der Waals surface area (Å²) in [5.74, 6) is 7.19. The van der Waals surface area contributed by atoms with Gasteiger partial charge in [0.2, 0.25) is 0 Å². The zero-order valence-electron chi connectivity index (χ0n) is 69.7. The van der Waals surface area contributed by atoms with Gasteiger partial charge in [-0.1, -0.05) is 268 Å². The summed E-state index contributed by atoms with van der Waals surface area (Å²) >= 11 is 0. The highest BCUT2D eigenvalue weighted by atomic mass is 19.1. The van der Waals surface area contributed by atoms with E-state index in [9.17, 15) is 0 Å². The van der Waals surface area contributed by atoms with E-state index >= 15 is 4.39 Å². The second kappa shape index (κ2) is 32.8. The summed E-state index contributed by atoms with van der Waals surface area (Å²) in [4.78, 5) is 5.47. The molecule has 2 fully saturated rings. The zero-order chi connectivity index (χ0) is 81.1. The van der Waals surface area contributed by atoms with Crippen LogP contribution in [0.3, 0.4) is 0 Å². The molecule has 0 aromatic heterocycles. The van der Waals surface area contributed by atoms with Crippen LogP contribution >= 0.6 is 0 Å². The van der Waals surface area contributed by atoms with Gasteiger partial charge >= 0.3 is 0 Å². The van der Waals surface area contributed by atoms with Crippen LogP contribution in [-0.2, 0) is 19.6 Å². The Labute approximate surface area is 716 Å². The van der Waals surface area contributed by atoms with Gasteiger partial charge in [-0.3, -0.25) is 0 Å². The molecule has 4 aromatic rings. The summed E-state index contributed by atoms with van der Waals surface area (Å²) in [7, 11) is 0. The Morgan fingerprint density at radius 1 is 0.504 bits per heavy atom. The molecule has 606 valence electrons. The van der Waals surface area contributed by atoms with Gasteiger partial charge in [0.25, 0.3) is 0 Å². The molecule has 2 saturated carbocycles. The van der Waals surface area contributed by atoms with Gasteiger partial charge < -0.3 is 24.0 Å². The molecule has 19 atom stereocenters. The minimum Gasteiger partial charge on any atom is -0.489 e. The molecule has 16 aliphatic carbocycles. The van der Waals surface area contributed by atoms with Crippen molar-refractivity contribution in [1.29, 1.82) is 0 Å². The van der Waals surface area contributed by atoms with Crippen LogP contribution in [0.4, 0.5) is 4.39 Å². The fourth-order valence-electron chi connectivity index (χ4n) is 24.6. The normalized spacial score (nSPS) is 33.5. The maximum atomic E-state index is 15.6. The van der Waals surface area contributed by atoms with E-state index < -0.39 is 5.41 Å². The molecule has 4 aromatic carbocycles.